The maximum Gasteiger partial charge on any atom is 0.229 e. The number of hydrogen-bond donors (Lipinski definition) is 3. The van der Waals surface area contributed by atoms with Crippen LogP contribution in [-0.2, 0) is 5.41 Å². The molecule has 3 aromatic rings. The molecule has 0 amide bonds. The van der Waals surface area contributed by atoms with E-state index in [1.807, 2.05) is 24.3 Å². The van der Waals surface area contributed by atoms with Gasteiger partial charge in [-0.1, -0.05) is 27.2 Å². The minimum Gasteiger partial charge on any atom is -0.493 e. The van der Waals surface area contributed by atoms with E-state index in [-0.39, 0.29) is 5.41 Å². The molecule has 1 fully saturated rings. The number of piperidine rings is 1. The monoisotopic (exact) mass is 493 g/mol. The molecule has 36 heavy (non-hydrogen) atoms. The minimum absolute atomic E-state index is 0.0459. The predicted octanol–water partition coefficient (Wildman–Crippen LogP) is 5.14. The van der Waals surface area contributed by atoms with Crippen LogP contribution in [0.5, 0.6) is 11.5 Å². The van der Waals surface area contributed by atoms with Crippen LogP contribution in [0.3, 0.4) is 0 Å². The first-order chi connectivity index (χ1) is 17.5. The number of anilines is 3. The average molecular weight is 494 g/mol. The van der Waals surface area contributed by atoms with Crippen molar-refractivity contribution in [2.45, 2.75) is 58.3 Å². The minimum atomic E-state index is 0.0459. The maximum atomic E-state index is 6.31. The lowest BCUT2D eigenvalue weighted by atomic mass is 9.81. The zero-order chi connectivity index (χ0) is 25.5. The largest absolute Gasteiger partial charge is 0.493 e. The van der Waals surface area contributed by atoms with Gasteiger partial charge in [-0.05, 0) is 57.0 Å². The van der Waals surface area contributed by atoms with Crippen LogP contribution in [0, 0.1) is 0 Å². The van der Waals surface area contributed by atoms with Crippen molar-refractivity contribution >= 4 is 17.5 Å². The van der Waals surface area contributed by atoms with Crippen molar-refractivity contribution < 1.29 is 9.47 Å². The summed E-state index contributed by atoms with van der Waals surface area (Å²) in [6, 6.07) is 7.73. The zero-order valence-electron chi connectivity index (χ0n) is 21.9. The highest BCUT2D eigenvalue weighted by Gasteiger charge is 2.25. The summed E-state index contributed by atoms with van der Waals surface area (Å²) < 4.78 is 11.6. The van der Waals surface area contributed by atoms with Gasteiger partial charge in [-0.25, -0.2) is 4.98 Å². The Hall–Kier alpha value is -3.33. The number of H-pyrrole nitrogens is 1. The quantitative estimate of drug-likeness (QED) is 0.336. The van der Waals surface area contributed by atoms with E-state index in [0.29, 0.717) is 35.4 Å². The number of benzene rings is 1. The number of aromatic amines is 1. The first kappa shape index (κ1) is 25.8. The Kier molecular flexibility index (Phi) is 8.30. The molecule has 0 atom stereocenters. The molecule has 9 nitrogen and oxygen atoms in total. The third-order valence-corrected chi connectivity index (χ3v) is 7.42. The molecule has 0 saturated carbocycles. The molecule has 0 radical (unpaired) electrons. The van der Waals surface area contributed by atoms with Crippen molar-refractivity contribution in [3.05, 3.63) is 36.2 Å². The van der Waals surface area contributed by atoms with Gasteiger partial charge < -0.3 is 20.5 Å². The van der Waals surface area contributed by atoms with Crippen molar-refractivity contribution in [1.82, 2.24) is 25.1 Å². The van der Waals surface area contributed by atoms with Gasteiger partial charge in [0.05, 0.1) is 18.4 Å². The number of hydrogen-bond acceptors (Lipinski definition) is 8. The fraction of sp³-hybridized carbons (Fsp3) is 0.519. The van der Waals surface area contributed by atoms with Crippen molar-refractivity contribution in [2.24, 2.45) is 0 Å². The van der Waals surface area contributed by atoms with Gasteiger partial charge >= 0.3 is 0 Å². The van der Waals surface area contributed by atoms with Gasteiger partial charge in [-0.15, -0.1) is 0 Å². The van der Waals surface area contributed by atoms with Crippen LogP contribution in [0.1, 0.15) is 58.6 Å². The van der Waals surface area contributed by atoms with E-state index < -0.39 is 0 Å². The number of likely N-dealkylation sites (tertiary alicyclic amines) is 1. The molecule has 4 N–H and O–H groups in total. The average Bonchev–Trinajstić information content (AvgIpc) is 3.40. The van der Waals surface area contributed by atoms with Gasteiger partial charge in [-0.2, -0.15) is 10.1 Å². The van der Waals surface area contributed by atoms with E-state index in [1.165, 1.54) is 19.3 Å². The van der Waals surface area contributed by atoms with Crippen molar-refractivity contribution in [3.63, 3.8) is 0 Å². The molecule has 0 spiro atoms. The molecule has 0 unspecified atom stereocenters. The molecular weight excluding hydrogens is 454 g/mol. The van der Waals surface area contributed by atoms with Crippen LogP contribution < -0.4 is 20.5 Å². The molecule has 1 aromatic carbocycles. The second-order valence-corrected chi connectivity index (χ2v) is 9.67. The number of aromatic nitrogens is 4. The summed E-state index contributed by atoms with van der Waals surface area (Å²) in [5, 5.41) is 10.9. The fourth-order valence-electron chi connectivity index (χ4n) is 4.52. The molecule has 9 heteroatoms. The summed E-state index contributed by atoms with van der Waals surface area (Å²) in [5.74, 6) is 2.15. The SMILES string of the molecule is CCC(C)(CC)c1cc(-c2cnc(Nc3ccc(OC)c(OCCN4CCCCC4)c3)nc2N)n[nH]1. The summed E-state index contributed by atoms with van der Waals surface area (Å²) in [5.41, 5.74) is 9.69. The number of nitrogens with one attached hydrogen (secondary N) is 2. The van der Waals surface area contributed by atoms with Crippen molar-refractivity contribution in [2.75, 3.05) is 44.4 Å². The van der Waals surface area contributed by atoms with Gasteiger partial charge in [0, 0.05) is 35.6 Å². The smallest absolute Gasteiger partial charge is 0.229 e. The molecule has 1 aliphatic rings. The summed E-state index contributed by atoms with van der Waals surface area (Å²) in [7, 11) is 1.65. The van der Waals surface area contributed by atoms with Crippen LogP contribution in [0.25, 0.3) is 11.3 Å². The first-order valence-electron chi connectivity index (χ1n) is 12.9. The number of nitrogens with zero attached hydrogens (tertiary/aromatic N) is 4. The molecule has 0 aliphatic carbocycles. The lowest BCUT2D eigenvalue weighted by molar-refractivity contribution is 0.180. The van der Waals surface area contributed by atoms with E-state index in [2.05, 4.69) is 51.2 Å². The van der Waals surface area contributed by atoms with Crippen molar-refractivity contribution in [3.8, 4) is 22.8 Å². The van der Waals surface area contributed by atoms with Gasteiger partial charge in [0.2, 0.25) is 5.95 Å². The fourth-order valence-corrected chi connectivity index (χ4v) is 4.52. The van der Waals surface area contributed by atoms with Crippen LogP contribution in [0.15, 0.2) is 30.5 Å². The second-order valence-electron chi connectivity index (χ2n) is 9.67. The molecule has 0 bridgehead atoms. The van der Waals surface area contributed by atoms with E-state index in [1.54, 1.807) is 13.3 Å². The number of nitrogen functional groups attached to an aromatic ring is 1. The third kappa shape index (κ3) is 5.90. The van der Waals surface area contributed by atoms with E-state index in [0.717, 1.165) is 49.6 Å². The molecule has 194 valence electrons. The van der Waals surface area contributed by atoms with Gasteiger partial charge in [0.15, 0.2) is 11.5 Å². The van der Waals surface area contributed by atoms with E-state index in [4.69, 9.17) is 15.2 Å². The Labute approximate surface area is 213 Å². The summed E-state index contributed by atoms with van der Waals surface area (Å²) in [6.45, 7) is 10.4. The van der Waals surface area contributed by atoms with E-state index in [9.17, 15) is 0 Å². The highest BCUT2D eigenvalue weighted by atomic mass is 16.5. The second kappa shape index (κ2) is 11.6. The number of methoxy groups -OCH3 is 1. The Morgan fingerprint density at radius 3 is 2.58 bits per heavy atom. The molecule has 2 aromatic heterocycles. The van der Waals surface area contributed by atoms with Crippen molar-refractivity contribution in [1.29, 1.82) is 0 Å². The maximum absolute atomic E-state index is 6.31. The molecule has 1 saturated heterocycles. The normalized spacial score (nSPS) is 14.6. The summed E-state index contributed by atoms with van der Waals surface area (Å²) in [4.78, 5) is 11.4. The van der Waals surface area contributed by atoms with Gasteiger partial charge in [0.25, 0.3) is 0 Å². The molecular formula is C27H39N7O2. The van der Waals surface area contributed by atoms with E-state index >= 15 is 0 Å². The lowest BCUT2D eigenvalue weighted by Gasteiger charge is -2.26. The highest BCUT2D eigenvalue weighted by molar-refractivity contribution is 5.72. The lowest BCUT2D eigenvalue weighted by Crippen LogP contribution is -2.33. The number of rotatable bonds is 11. The Morgan fingerprint density at radius 2 is 1.89 bits per heavy atom. The van der Waals surface area contributed by atoms with Gasteiger partial charge in [-0.3, -0.25) is 10.00 Å². The van der Waals surface area contributed by atoms with Crippen LogP contribution >= 0.6 is 0 Å². The zero-order valence-corrected chi connectivity index (χ0v) is 21.9. The number of nitrogens with two attached hydrogens (primary N) is 1. The Balaban J connectivity index is 1.44. The summed E-state index contributed by atoms with van der Waals surface area (Å²) >= 11 is 0. The third-order valence-electron chi connectivity index (χ3n) is 7.42. The van der Waals surface area contributed by atoms with Crippen LogP contribution in [0.2, 0.25) is 0 Å². The predicted molar refractivity (Wildman–Crippen MR) is 144 cm³/mol. The molecule has 4 rings (SSSR count). The van der Waals surface area contributed by atoms with Crippen LogP contribution in [0.4, 0.5) is 17.5 Å². The van der Waals surface area contributed by atoms with Gasteiger partial charge in [0.1, 0.15) is 12.4 Å². The Morgan fingerprint density at radius 1 is 1.11 bits per heavy atom. The highest BCUT2D eigenvalue weighted by Crippen LogP contribution is 2.34. The first-order valence-corrected chi connectivity index (χ1v) is 12.9. The van der Waals surface area contributed by atoms with Crippen LogP contribution in [-0.4, -0.2) is 58.4 Å². The molecule has 1 aliphatic heterocycles. The summed E-state index contributed by atoms with van der Waals surface area (Å²) in [6.07, 6.45) is 7.61. The Bertz CT molecular complexity index is 1140. The molecule has 3 heterocycles. The topological polar surface area (TPSA) is 114 Å². The standard InChI is InChI=1S/C27H39N7O2/c1-5-27(3,6-2)24-17-21(32-33-24)20-18-29-26(31-25(20)28)30-19-10-11-22(35-4)23(16-19)36-15-14-34-12-8-7-9-13-34/h10-11,16-18H,5-9,12-15H2,1-4H3,(H,32,33)(H3,28,29,30,31). The number of ether oxygens (including phenoxy) is 2.